The molecule has 0 saturated heterocycles. The summed E-state index contributed by atoms with van der Waals surface area (Å²) in [6.45, 7) is 7.24. The van der Waals surface area contributed by atoms with Gasteiger partial charge in [0.1, 0.15) is 11.4 Å². The number of carbonyl (C=O) groups excluding carboxylic acids is 2. The molecule has 1 aliphatic heterocycles. The summed E-state index contributed by atoms with van der Waals surface area (Å²) in [5, 5.41) is 9.63. The molecule has 0 aliphatic carbocycles. The summed E-state index contributed by atoms with van der Waals surface area (Å²) < 4.78 is 9.96. The molecule has 0 bridgehead atoms. The lowest BCUT2D eigenvalue weighted by Crippen LogP contribution is -2.37. The summed E-state index contributed by atoms with van der Waals surface area (Å²) in [5.41, 5.74) is -0.777. The average molecular weight is 257 g/mol. The van der Waals surface area contributed by atoms with Gasteiger partial charge in [-0.15, -0.1) is 0 Å². The van der Waals surface area contributed by atoms with Crippen LogP contribution in [0.2, 0.25) is 0 Å². The van der Waals surface area contributed by atoms with E-state index in [1.165, 1.54) is 0 Å². The number of rotatable bonds is 2. The zero-order valence-electron chi connectivity index (χ0n) is 11.1. The summed E-state index contributed by atoms with van der Waals surface area (Å²) in [7, 11) is 0. The number of hydrogen-bond donors (Lipinski definition) is 1. The first kappa shape index (κ1) is 14.3. The predicted octanol–water partition coefficient (Wildman–Crippen LogP) is 1.96. The third-order valence-corrected chi connectivity index (χ3v) is 2.20. The van der Waals surface area contributed by atoms with Crippen molar-refractivity contribution in [3.05, 3.63) is 11.5 Å². The second-order valence-electron chi connectivity index (χ2n) is 4.90. The quantitative estimate of drug-likeness (QED) is 0.765. The molecule has 6 nitrogen and oxygen atoms in total. The third-order valence-electron chi connectivity index (χ3n) is 2.20. The van der Waals surface area contributed by atoms with E-state index >= 15 is 0 Å². The fraction of sp³-hybridized carbons (Fsp3) is 0.667. The lowest BCUT2D eigenvalue weighted by Gasteiger charge is -2.25. The molecule has 1 aliphatic rings. The lowest BCUT2D eigenvalue weighted by molar-refractivity contribution is -0.140. The highest BCUT2D eigenvalue weighted by molar-refractivity contribution is 5.93. The molecular formula is C12H19NO5. The number of aliphatic hydroxyl groups is 1. The Morgan fingerprint density at radius 3 is 2.50 bits per heavy atom. The Hall–Kier alpha value is -1.72. The molecule has 102 valence electrons. The van der Waals surface area contributed by atoms with Crippen LogP contribution in [0.5, 0.6) is 0 Å². The van der Waals surface area contributed by atoms with E-state index in [0.717, 1.165) is 4.90 Å². The fourth-order valence-corrected chi connectivity index (χ4v) is 1.53. The summed E-state index contributed by atoms with van der Waals surface area (Å²) in [5.74, 6) is -0.849. The van der Waals surface area contributed by atoms with Gasteiger partial charge in [-0.05, 0) is 27.7 Å². The third kappa shape index (κ3) is 3.38. The molecule has 1 rings (SSSR count). The summed E-state index contributed by atoms with van der Waals surface area (Å²) in [6.07, 6.45) is -0.428. The van der Waals surface area contributed by atoms with Gasteiger partial charge in [0.25, 0.3) is 0 Å². The van der Waals surface area contributed by atoms with Crippen molar-refractivity contribution in [2.24, 2.45) is 0 Å². The molecule has 0 atom stereocenters. The normalized spacial score (nSPS) is 15.9. The zero-order valence-corrected chi connectivity index (χ0v) is 11.1. The minimum atomic E-state index is -0.710. The van der Waals surface area contributed by atoms with E-state index in [1.54, 1.807) is 27.7 Å². The predicted molar refractivity (Wildman–Crippen MR) is 63.8 cm³/mol. The van der Waals surface area contributed by atoms with Gasteiger partial charge in [-0.1, -0.05) is 0 Å². The molecule has 0 aromatic heterocycles. The highest BCUT2D eigenvalue weighted by Gasteiger charge is 2.35. The number of nitrogens with zero attached hydrogens (tertiary/aromatic N) is 1. The molecule has 0 fully saturated rings. The Kier molecular flexibility index (Phi) is 4.21. The fourth-order valence-electron chi connectivity index (χ4n) is 1.53. The lowest BCUT2D eigenvalue weighted by atomic mass is 10.2. The molecule has 1 heterocycles. The molecule has 6 heteroatoms. The van der Waals surface area contributed by atoms with Gasteiger partial charge in [0.05, 0.1) is 6.61 Å². The SMILES string of the molecule is CCOC(=O)C1=C(O)CCN1C(=O)OC(C)(C)C. The number of amides is 1. The second-order valence-corrected chi connectivity index (χ2v) is 4.90. The van der Waals surface area contributed by atoms with E-state index in [-0.39, 0.29) is 31.0 Å². The van der Waals surface area contributed by atoms with Crippen LogP contribution < -0.4 is 0 Å². The van der Waals surface area contributed by atoms with Crippen molar-refractivity contribution in [1.82, 2.24) is 4.90 Å². The van der Waals surface area contributed by atoms with Gasteiger partial charge >= 0.3 is 12.1 Å². The van der Waals surface area contributed by atoms with Crippen LogP contribution >= 0.6 is 0 Å². The van der Waals surface area contributed by atoms with Gasteiger partial charge in [0.2, 0.25) is 0 Å². The molecule has 0 unspecified atom stereocenters. The maximum absolute atomic E-state index is 11.9. The summed E-state index contributed by atoms with van der Waals surface area (Å²) in [6, 6.07) is 0. The van der Waals surface area contributed by atoms with E-state index in [9.17, 15) is 14.7 Å². The number of esters is 1. The van der Waals surface area contributed by atoms with E-state index in [1.807, 2.05) is 0 Å². The van der Waals surface area contributed by atoms with Crippen LogP contribution in [0.25, 0.3) is 0 Å². The van der Waals surface area contributed by atoms with Crippen LogP contribution in [0.3, 0.4) is 0 Å². The first-order valence-electron chi connectivity index (χ1n) is 5.86. The van der Waals surface area contributed by atoms with Crippen LogP contribution in [-0.4, -0.2) is 40.8 Å². The topological polar surface area (TPSA) is 76.1 Å². The Bertz CT molecular complexity index is 380. The molecule has 0 aromatic carbocycles. The first-order valence-corrected chi connectivity index (χ1v) is 5.86. The Morgan fingerprint density at radius 1 is 1.39 bits per heavy atom. The van der Waals surface area contributed by atoms with Crippen LogP contribution in [0.4, 0.5) is 4.79 Å². The molecule has 0 radical (unpaired) electrons. The van der Waals surface area contributed by atoms with Crippen molar-refractivity contribution in [3.8, 4) is 0 Å². The number of hydrogen-bond acceptors (Lipinski definition) is 5. The number of aliphatic hydroxyl groups excluding tert-OH is 1. The van der Waals surface area contributed by atoms with Crippen LogP contribution in [-0.2, 0) is 14.3 Å². The van der Waals surface area contributed by atoms with Crippen LogP contribution in [0.15, 0.2) is 11.5 Å². The first-order chi connectivity index (χ1) is 8.26. The van der Waals surface area contributed by atoms with Crippen molar-refractivity contribution < 1.29 is 24.2 Å². The smallest absolute Gasteiger partial charge is 0.415 e. The van der Waals surface area contributed by atoms with Crippen molar-refractivity contribution in [2.45, 2.75) is 39.7 Å². The van der Waals surface area contributed by atoms with Gasteiger partial charge in [0, 0.05) is 13.0 Å². The summed E-state index contributed by atoms with van der Waals surface area (Å²) >= 11 is 0. The number of carbonyl (C=O) groups is 2. The van der Waals surface area contributed by atoms with Crippen molar-refractivity contribution >= 4 is 12.1 Å². The van der Waals surface area contributed by atoms with Gasteiger partial charge in [-0.25, -0.2) is 9.59 Å². The average Bonchev–Trinajstić information content (AvgIpc) is 2.58. The Morgan fingerprint density at radius 2 is 2.00 bits per heavy atom. The van der Waals surface area contributed by atoms with Crippen LogP contribution in [0, 0.1) is 0 Å². The minimum Gasteiger partial charge on any atom is -0.510 e. The second kappa shape index (κ2) is 5.29. The van der Waals surface area contributed by atoms with Crippen LogP contribution in [0.1, 0.15) is 34.1 Å². The molecule has 0 spiro atoms. The van der Waals surface area contributed by atoms with E-state index < -0.39 is 17.7 Å². The van der Waals surface area contributed by atoms with Crippen molar-refractivity contribution in [2.75, 3.05) is 13.2 Å². The molecule has 1 N–H and O–H groups in total. The van der Waals surface area contributed by atoms with E-state index in [4.69, 9.17) is 9.47 Å². The molecule has 1 amide bonds. The largest absolute Gasteiger partial charge is 0.510 e. The number of ether oxygens (including phenoxy) is 2. The minimum absolute atomic E-state index is 0.119. The van der Waals surface area contributed by atoms with Gasteiger partial charge in [0.15, 0.2) is 5.70 Å². The van der Waals surface area contributed by atoms with Gasteiger partial charge < -0.3 is 14.6 Å². The maximum atomic E-state index is 11.9. The molecule has 0 aromatic rings. The maximum Gasteiger partial charge on any atom is 0.415 e. The van der Waals surface area contributed by atoms with E-state index in [2.05, 4.69) is 0 Å². The highest BCUT2D eigenvalue weighted by atomic mass is 16.6. The van der Waals surface area contributed by atoms with Crippen molar-refractivity contribution in [3.63, 3.8) is 0 Å². The standard InChI is InChI=1S/C12H19NO5/c1-5-17-10(15)9-8(14)6-7-13(9)11(16)18-12(2,3)4/h14H,5-7H2,1-4H3. The Labute approximate surface area is 106 Å². The molecular weight excluding hydrogens is 238 g/mol. The highest BCUT2D eigenvalue weighted by Crippen LogP contribution is 2.24. The Balaban J connectivity index is 2.84. The zero-order chi connectivity index (χ0) is 13.9. The van der Waals surface area contributed by atoms with Crippen molar-refractivity contribution in [1.29, 1.82) is 0 Å². The summed E-state index contributed by atoms with van der Waals surface area (Å²) in [4.78, 5) is 24.6. The molecule has 18 heavy (non-hydrogen) atoms. The van der Waals surface area contributed by atoms with E-state index in [0.29, 0.717) is 0 Å². The monoisotopic (exact) mass is 257 g/mol. The van der Waals surface area contributed by atoms with Gasteiger partial charge in [-0.3, -0.25) is 4.90 Å². The van der Waals surface area contributed by atoms with Gasteiger partial charge in [-0.2, -0.15) is 0 Å². The molecule has 0 saturated carbocycles.